The molecule has 1 aromatic heterocycles. The monoisotopic (exact) mass is 438 g/mol. The zero-order valence-corrected chi connectivity index (χ0v) is 18.2. The van der Waals surface area contributed by atoms with Crippen molar-refractivity contribution < 1.29 is 28.6 Å². The number of ether oxygens (including phenoxy) is 2. The van der Waals surface area contributed by atoms with E-state index >= 15 is 0 Å². The first-order chi connectivity index (χ1) is 15.5. The molecular weight excluding hydrogens is 412 g/mol. The molecule has 0 aliphatic heterocycles. The Morgan fingerprint density at radius 2 is 1.31 bits per heavy atom. The summed E-state index contributed by atoms with van der Waals surface area (Å²) in [5.74, 6) is -0.00462. The third kappa shape index (κ3) is 5.51. The standard InChI is InChI=1S/C24H26N2O6/c1-3-5-15-30-19-11-7-17(8-12-19)23(27)21-22(26(29)32-25-21)24(28)18-9-13-20(14-10-18)31-16-6-4-2/h7-14H,3-6,15-16H2,1-2H3. The van der Waals surface area contributed by atoms with Gasteiger partial charge in [-0.3, -0.25) is 14.2 Å². The van der Waals surface area contributed by atoms with Gasteiger partial charge in [0.15, 0.2) is 0 Å². The first-order valence-electron chi connectivity index (χ1n) is 10.7. The summed E-state index contributed by atoms with van der Waals surface area (Å²) < 4.78 is 15.7. The number of benzene rings is 2. The van der Waals surface area contributed by atoms with Gasteiger partial charge in [0.1, 0.15) is 11.5 Å². The van der Waals surface area contributed by atoms with Crippen LogP contribution in [0.3, 0.4) is 0 Å². The van der Waals surface area contributed by atoms with Crippen LogP contribution in [-0.4, -0.2) is 29.9 Å². The highest BCUT2D eigenvalue weighted by Gasteiger charge is 2.33. The van der Waals surface area contributed by atoms with Crippen LogP contribution in [0.5, 0.6) is 11.5 Å². The molecule has 0 saturated carbocycles. The van der Waals surface area contributed by atoms with Crippen molar-refractivity contribution in [3.8, 4) is 11.5 Å². The average molecular weight is 438 g/mol. The molecule has 2 aromatic carbocycles. The molecule has 3 aromatic rings. The number of hydrogen-bond acceptors (Lipinski definition) is 7. The smallest absolute Gasteiger partial charge is 0.300 e. The van der Waals surface area contributed by atoms with Crippen LogP contribution >= 0.6 is 0 Å². The van der Waals surface area contributed by atoms with Gasteiger partial charge in [0.05, 0.1) is 18.4 Å². The molecule has 0 fully saturated rings. The van der Waals surface area contributed by atoms with Crippen molar-refractivity contribution in [2.24, 2.45) is 0 Å². The quantitative estimate of drug-likeness (QED) is 0.238. The molecular formula is C24H26N2O6. The van der Waals surface area contributed by atoms with E-state index in [1.807, 2.05) is 0 Å². The van der Waals surface area contributed by atoms with Crippen LogP contribution in [0.25, 0.3) is 0 Å². The molecule has 0 atom stereocenters. The molecule has 1 heterocycles. The Labute approximate surface area is 186 Å². The van der Waals surface area contributed by atoms with Crippen LogP contribution in [0.2, 0.25) is 0 Å². The maximum absolute atomic E-state index is 12.9. The van der Waals surface area contributed by atoms with E-state index in [1.165, 1.54) is 12.1 Å². The van der Waals surface area contributed by atoms with Gasteiger partial charge in [-0.2, -0.15) is 0 Å². The fourth-order valence-corrected chi connectivity index (χ4v) is 2.94. The largest absolute Gasteiger partial charge is 0.494 e. The molecule has 0 amide bonds. The van der Waals surface area contributed by atoms with E-state index in [0.29, 0.717) is 24.7 Å². The van der Waals surface area contributed by atoms with Gasteiger partial charge in [-0.25, -0.2) is 0 Å². The minimum absolute atomic E-state index is 0.0382. The number of carbonyl (C=O) groups is 2. The zero-order chi connectivity index (χ0) is 22.9. The highest BCUT2D eigenvalue weighted by molar-refractivity contribution is 6.16. The molecule has 168 valence electrons. The topological polar surface area (TPSA) is 106 Å². The first kappa shape index (κ1) is 23.0. The Kier molecular flexibility index (Phi) is 7.96. The van der Waals surface area contributed by atoms with Crippen LogP contribution in [0.15, 0.2) is 53.2 Å². The molecule has 32 heavy (non-hydrogen) atoms. The number of unbranched alkanes of at least 4 members (excludes halogenated alkanes) is 2. The minimum Gasteiger partial charge on any atom is -0.494 e. The number of nitrogens with zero attached hydrogens (tertiary/aromatic N) is 2. The van der Waals surface area contributed by atoms with Crippen molar-refractivity contribution >= 4 is 11.6 Å². The second-order valence-corrected chi connectivity index (χ2v) is 7.24. The van der Waals surface area contributed by atoms with Gasteiger partial charge < -0.3 is 14.7 Å². The van der Waals surface area contributed by atoms with Crippen molar-refractivity contribution in [2.45, 2.75) is 39.5 Å². The van der Waals surface area contributed by atoms with E-state index in [0.717, 1.165) is 25.7 Å². The van der Waals surface area contributed by atoms with Gasteiger partial charge in [0.25, 0.3) is 11.4 Å². The Morgan fingerprint density at radius 1 is 0.844 bits per heavy atom. The molecule has 0 saturated heterocycles. The highest BCUT2D eigenvalue weighted by Crippen LogP contribution is 2.19. The predicted molar refractivity (Wildman–Crippen MR) is 116 cm³/mol. The lowest BCUT2D eigenvalue weighted by Crippen LogP contribution is -2.32. The number of rotatable bonds is 12. The summed E-state index contributed by atoms with van der Waals surface area (Å²) in [5.41, 5.74) is -0.323. The molecule has 3 rings (SSSR count). The summed E-state index contributed by atoms with van der Waals surface area (Å²) in [6, 6.07) is 12.8. The molecule has 0 aliphatic rings. The SMILES string of the molecule is CCCCOc1ccc(C(=O)c2no[n+]([O-])c2C(=O)c2ccc(OCCCC)cc2)cc1. The summed E-state index contributed by atoms with van der Waals surface area (Å²) in [6.07, 6.45) is 3.89. The van der Waals surface area contributed by atoms with Gasteiger partial charge in [-0.1, -0.05) is 26.7 Å². The van der Waals surface area contributed by atoms with E-state index in [9.17, 15) is 14.8 Å². The fourth-order valence-electron chi connectivity index (χ4n) is 2.94. The number of hydrogen-bond donors (Lipinski definition) is 0. The van der Waals surface area contributed by atoms with Crippen LogP contribution in [-0.2, 0) is 0 Å². The van der Waals surface area contributed by atoms with Gasteiger partial charge >= 0.3 is 0 Å². The first-order valence-corrected chi connectivity index (χ1v) is 10.7. The fraction of sp³-hybridized carbons (Fsp3) is 0.333. The Hall–Kier alpha value is -3.68. The van der Waals surface area contributed by atoms with E-state index in [4.69, 9.17) is 9.47 Å². The Bertz CT molecular complexity index is 1040. The summed E-state index contributed by atoms with van der Waals surface area (Å²) in [5, 5.41) is 15.6. The van der Waals surface area contributed by atoms with Crippen LogP contribution < -0.4 is 14.4 Å². The molecule has 0 unspecified atom stereocenters. The predicted octanol–water partition coefficient (Wildman–Crippen LogP) is 4.13. The Balaban J connectivity index is 1.76. The third-order valence-electron chi connectivity index (χ3n) is 4.81. The normalized spacial score (nSPS) is 10.7. The van der Waals surface area contributed by atoms with Gasteiger partial charge in [-0.05, 0) is 66.3 Å². The van der Waals surface area contributed by atoms with Crippen LogP contribution in [0.1, 0.15) is 71.6 Å². The van der Waals surface area contributed by atoms with Crippen LogP contribution in [0, 0.1) is 5.21 Å². The number of carbonyl (C=O) groups excluding carboxylic acids is 2. The highest BCUT2D eigenvalue weighted by atomic mass is 16.8. The summed E-state index contributed by atoms with van der Waals surface area (Å²) in [4.78, 5) is 25.8. The van der Waals surface area contributed by atoms with E-state index < -0.39 is 17.3 Å². The van der Waals surface area contributed by atoms with Crippen molar-refractivity contribution in [3.63, 3.8) is 0 Å². The van der Waals surface area contributed by atoms with Crippen molar-refractivity contribution in [3.05, 3.63) is 76.3 Å². The lowest BCUT2D eigenvalue weighted by atomic mass is 10.0. The molecule has 0 spiro atoms. The summed E-state index contributed by atoms with van der Waals surface area (Å²) >= 11 is 0. The lowest BCUT2D eigenvalue weighted by molar-refractivity contribution is -0.803. The van der Waals surface area contributed by atoms with Gasteiger partial charge in [0.2, 0.25) is 11.6 Å². The van der Waals surface area contributed by atoms with Crippen LogP contribution in [0.4, 0.5) is 0 Å². The molecule has 0 aliphatic carbocycles. The summed E-state index contributed by atoms with van der Waals surface area (Å²) in [6.45, 7) is 5.30. The van der Waals surface area contributed by atoms with Crippen molar-refractivity contribution in [1.82, 2.24) is 5.16 Å². The molecule has 8 heteroatoms. The zero-order valence-electron chi connectivity index (χ0n) is 18.2. The minimum atomic E-state index is -0.663. The average Bonchev–Trinajstić information content (AvgIpc) is 3.20. The van der Waals surface area contributed by atoms with Gasteiger partial charge in [0, 0.05) is 11.1 Å². The molecule has 0 N–H and O–H groups in total. The second kappa shape index (κ2) is 11.1. The number of aromatic nitrogens is 2. The lowest BCUT2D eigenvalue weighted by Gasteiger charge is -2.06. The van der Waals surface area contributed by atoms with E-state index in [2.05, 4.69) is 23.6 Å². The number of ketones is 2. The molecule has 0 radical (unpaired) electrons. The Morgan fingerprint density at radius 3 is 1.78 bits per heavy atom. The molecule has 0 bridgehead atoms. The van der Waals surface area contributed by atoms with E-state index in [1.54, 1.807) is 36.4 Å². The maximum atomic E-state index is 12.9. The van der Waals surface area contributed by atoms with Crippen molar-refractivity contribution in [1.29, 1.82) is 0 Å². The van der Waals surface area contributed by atoms with E-state index in [-0.39, 0.29) is 21.7 Å². The van der Waals surface area contributed by atoms with Gasteiger partial charge in [-0.15, -0.1) is 0 Å². The maximum Gasteiger partial charge on any atom is 0.300 e. The molecule has 8 nitrogen and oxygen atoms in total. The second-order valence-electron chi connectivity index (χ2n) is 7.24. The van der Waals surface area contributed by atoms with Crippen molar-refractivity contribution in [2.75, 3.05) is 13.2 Å². The summed E-state index contributed by atoms with van der Waals surface area (Å²) in [7, 11) is 0. The third-order valence-corrected chi connectivity index (χ3v) is 4.81.